The summed E-state index contributed by atoms with van der Waals surface area (Å²) in [6, 6.07) is 15.2. The Kier molecular flexibility index (Phi) is 3.07. The lowest BCUT2D eigenvalue weighted by atomic mass is 10.3. The maximum atomic E-state index is 12.0. The molecule has 0 spiro atoms. The van der Waals surface area contributed by atoms with Crippen molar-refractivity contribution in [1.82, 2.24) is 9.67 Å². The van der Waals surface area contributed by atoms with Gasteiger partial charge in [-0.25, -0.2) is 4.79 Å². The molecule has 104 valence electrons. The van der Waals surface area contributed by atoms with E-state index in [2.05, 4.69) is 5.10 Å². The molecule has 0 aliphatic rings. The highest BCUT2D eigenvalue weighted by atomic mass is 16.6. The fourth-order valence-electron chi connectivity index (χ4n) is 2.01. The first-order chi connectivity index (χ1) is 10.1. The lowest BCUT2D eigenvalue weighted by Gasteiger charge is -1.94. The van der Waals surface area contributed by atoms with Crippen LogP contribution >= 0.6 is 0 Å². The number of nitro groups is 1. The van der Waals surface area contributed by atoms with Crippen LogP contribution in [-0.4, -0.2) is 14.6 Å². The van der Waals surface area contributed by atoms with E-state index in [0.717, 1.165) is 5.69 Å². The van der Waals surface area contributed by atoms with Gasteiger partial charge in [-0.15, -0.1) is 14.3 Å². The molecule has 0 fully saturated rings. The third-order valence-electron chi connectivity index (χ3n) is 3.02. The van der Waals surface area contributed by atoms with Crippen LogP contribution in [0.4, 0.5) is 5.69 Å². The van der Waals surface area contributed by atoms with Crippen molar-refractivity contribution in [1.29, 1.82) is 0 Å². The van der Waals surface area contributed by atoms with Gasteiger partial charge in [0.05, 0.1) is 11.0 Å². The molecule has 0 saturated heterocycles. The van der Waals surface area contributed by atoms with Crippen LogP contribution in [0.25, 0.3) is 11.4 Å². The van der Waals surface area contributed by atoms with Crippen molar-refractivity contribution < 1.29 is 9.61 Å². The van der Waals surface area contributed by atoms with Gasteiger partial charge in [0.15, 0.2) is 5.69 Å². The minimum Gasteiger partial charge on any atom is -0.258 e. The lowest BCUT2D eigenvalue weighted by Crippen LogP contribution is -2.33. The first-order valence-corrected chi connectivity index (χ1v) is 6.19. The number of nitrogens with zero attached hydrogens (tertiary/aromatic N) is 3. The molecule has 3 aromatic rings. The van der Waals surface area contributed by atoms with Gasteiger partial charge < -0.3 is 0 Å². The van der Waals surface area contributed by atoms with Crippen LogP contribution in [0.15, 0.2) is 65.7 Å². The average Bonchev–Trinajstić information content (AvgIpc) is 2.90. The predicted molar refractivity (Wildman–Crippen MR) is 74.6 cm³/mol. The molecule has 0 amide bonds. The molecule has 1 aromatic heterocycles. The van der Waals surface area contributed by atoms with Crippen molar-refractivity contribution in [3.63, 3.8) is 0 Å². The summed E-state index contributed by atoms with van der Waals surface area (Å²) in [5.74, 6) is 0. The first-order valence-electron chi connectivity index (χ1n) is 6.19. The molecule has 0 saturated carbocycles. The van der Waals surface area contributed by atoms with E-state index in [9.17, 15) is 14.9 Å². The van der Waals surface area contributed by atoms with E-state index in [4.69, 9.17) is 0 Å². The van der Waals surface area contributed by atoms with Gasteiger partial charge in [-0.05, 0) is 18.2 Å². The monoisotopic (exact) mass is 283 g/mol. The van der Waals surface area contributed by atoms with Crippen LogP contribution in [0.3, 0.4) is 0 Å². The van der Waals surface area contributed by atoms with Crippen molar-refractivity contribution in [2.24, 2.45) is 0 Å². The molecule has 2 aromatic carbocycles. The summed E-state index contributed by atoms with van der Waals surface area (Å²) in [6.07, 6.45) is 1.55. The Morgan fingerprint density at radius 1 is 1.10 bits per heavy atom. The number of rotatable bonds is 3. The number of hydrogen-bond acceptors (Lipinski definition) is 3. The zero-order valence-electron chi connectivity index (χ0n) is 10.8. The molecular formula is C14H11N4O3+. The normalized spacial score (nSPS) is 10.5. The summed E-state index contributed by atoms with van der Waals surface area (Å²) >= 11 is 0. The molecular weight excluding hydrogens is 272 g/mol. The summed E-state index contributed by atoms with van der Waals surface area (Å²) in [4.78, 5) is 22.3. The maximum Gasteiger partial charge on any atom is 0.449 e. The van der Waals surface area contributed by atoms with Gasteiger partial charge in [0.2, 0.25) is 0 Å². The predicted octanol–water partition coefficient (Wildman–Crippen LogP) is 1.35. The highest BCUT2D eigenvalue weighted by Crippen LogP contribution is 2.14. The van der Waals surface area contributed by atoms with Gasteiger partial charge in [0.25, 0.3) is 12.0 Å². The highest BCUT2D eigenvalue weighted by molar-refractivity contribution is 5.42. The largest absolute Gasteiger partial charge is 0.449 e. The van der Waals surface area contributed by atoms with Crippen LogP contribution in [0.1, 0.15) is 0 Å². The number of aromatic amines is 1. The molecule has 7 heteroatoms. The molecule has 0 radical (unpaired) electrons. The molecule has 21 heavy (non-hydrogen) atoms. The molecule has 1 heterocycles. The summed E-state index contributed by atoms with van der Waals surface area (Å²) in [5.41, 5.74) is 0.783. The minimum absolute atomic E-state index is 0.0631. The van der Waals surface area contributed by atoms with E-state index in [-0.39, 0.29) is 11.4 Å². The summed E-state index contributed by atoms with van der Waals surface area (Å²) < 4.78 is 2.88. The van der Waals surface area contributed by atoms with Crippen molar-refractivity contribution in [3.8, 4) is 11.4 Å². The molecule has 1 N–H and O–H groups in total. The van der Waals surface area contributed by atoms with Crippen LogP contribution in [0.5, 0.6) is 0 Å². The summed E-state index contributed by atoms with van der Waals surface area (Å²) in [5, 5.41) is 13.5. The van der Waals surface area contributed by atoms with Crippen LogP contribution < -0.4 is 10.4 Å². The molecule has 0 aliphatic carbocycles. The second-order valence-electron chi connectivity index (χ2n) is 4.38. The molecule has 0 bridgehead atoms. The molecule has 0 atom stereocenters. The van der Waals surface area contributed by atoms with E-state index in [1.165, 1.54) is 16.7 Å². The van der Waals surface area contributed by atoms with E-state index in [1.54, 1.807) is 23.1 Å². The van der Waals surface area contributed by atoms with Gasteiger partial charge >= 0.3 is 5.69 Å². The number of H-pyrrole nitrogens is 1. The molecule has 7 nitrogen and oxygen atoms in total. The number of nitrogens with one attached hydrogen (secondary N) is 1. The van der Waals surface area contributed by atoms with Gasteiger partial charge in [0, 0.05) is 6.07 Å². The quantitative estimate of drug-likeness (QED) is 0.447. The van der Waals surface area contributed by atoms with Crippen LogP contribution in [0.2, 0.25) is 0 Å². The standard InChI is InChI=1S/C14H10N4O3/c19-14-15-17(11-5-2-1-3-6-11)10-16(14)12-7-4-8-13(9-12)18(20)21/h1-10H/p+1. The second-order valence-corrected chi connectivity index (χ2v) is 4.38. The number of non-ortho nitro benzene ring substituents is 1. The SMILES string of the molecule is O=c1[nH][n+](-c2ccccc2)cn1-c1cccc([N+](=O)[O-])c1. The fraction of sp³-hybridized carbons (Fsp3) is 0. The third kappa shape index (κ3) is 2.44. The van der Waals surface area contributed by atoms with Crippen molar-refractivity contribution in [2.45, 2.75) is 0 Å². The fourth-order valence-corrected chi connectivity index (χ4v) is 2.01. The number of para-hydroxylation sites is 1. The number of benzene rings is 2. The minimum atomic E-state index is -0.494. The Bertz CT molecular complexity index is 852. The summed E-state index contributed by atoms with van der Waals surface area (Å²) in [7, 11) is 0. The molecule has 0 aliphatic heterocycles. The van der Waals surface area contributed by atoms with E-state index >= 15 is 0 Å². The van der Waals surface area contributed by atoms with Crippen molar-refractivity contribution in [3.05, 3.63) is 81.5 Å². The maximum absolute atomic E-state index is 12.0. The zero-order chi connectivity index (χ0) is 14.8. The third-order valence-corrected chi connectivity index (χ3v) is 3.02. The van der Waals surface area contributed by atoms with Crippen molar-refractivity contribution in [2.75, 3.05) is 0 Å². The second kappa shape index (κ2) is 5.04. The van der Waals surface area contributed by atoms with Crippen LogP contribution in [0, 0.1) is 10.1 Å². The highest BCUT2D eigenvalue weighted by Gasteiger charge is 2.16. The Hall–Kier alpha value is -3.22. The van der Waals surface area contributed by atoms with Gasteiger partial charge in [-0.2, -0.15) is 0 Å². The van der Waals surface area contributed by atoms with Gasteiger partial charge in [0.1, 0.15) is 5.69 Å². The molecule has 0 unspecified atom stereocenters. The average molecular weight is 283 g/mol. The Balaban J connectivity index is 2.08. The topological polar surface area (TPSA) is 84.8 Å². The molecule has 3 rings (SSSR count). The lowest BCUT2D eigenvalue weighted by molar-refractivity contribution is -0.658. The Morgan fingerprint density at radius 2 is 1.86 bits per heavy atom. The van der Waals surface area contributed by atoms with Crippen molar-refractivity contribution >= 4 is 5.69 Å². The van der Waals surface area contributed by atoms with E-state index < -0.39 is 4.92 Å². The zero-order valence-corrected chi connectivity index (χ0v) is 10.8. The van der Waals surface area contributed by atoms with Gasteiger partial charge in [-0.3, -0.25) is 10.1 Å². The Morgan fingerprint density at radius 3 is 2.57 bits per heavy atom. The number of nitro benzene ring substituents is 1. The van der Waals surface area contributed by atoms with Gasteiger partial charge in [-0.1, -0.05) is 24.3 Å². The smallest absolute Gasteiger partial charge is 0.258 e. The van der Waals surface area contributed by atoms with Crippen LogP contribution in [-0.2, 0) is 0 Å². The number of hydrogen-bond donors (Lipinski definition) is 1. The van der Waals surface area contributed by atoms with E-state index in [1.807, 2.05) is 30.3 Å². The first kappa shape index (κ1) is 12.8. The van der Waals surface area contributed by atoms with E-state index in [0.29, 0.717) is 5.69 Å². The Labute approximate surface area is 118 Å². The summed E-state index contributed by atoms with van der Waals surface area (Å²) in [6.45, 7) is 0. The number of aromatic nitrogens is 3.